The van der Waals surface area contributed by atoms with Crippen LogP contribution in [0.4, 0.5) is 11.8 Å². The van der Waals surface area contributed by atoms with E-state index >= 15 is 0 Å². The van der Waals surface area contributed by atoms with Gasteiger partial charge in [-0.05, 0) is 17.7 Å². The van der Waals surface area contributed by atoms with Gasteiger partial charge in [0.05, 0.1) is 0 Å². The summed E-state index contributed by atoms with van der Waals surface area (Å²) in [5, 5.41) is 17.3. The van der Waals surface area contributed by atoms with Gasteiger partial charge in [-0.3, -0.25) is 0 Å². The lowest BCUT2D eigenvalue weighted by Gasteiger charge is -2.12. The highest BCUT2D eigenvalue weighted by atomic mass is 35.5. The van der Waals surface area contributed by atoms with Crippen LogP contribution in [0.15, 0.2) is 42.7 Å². The Bertz CT molecular complexity index is 868. The fourth-order valence-electron chi connectivity index (χ4n) is 2.08. The Morgan fingerprint density at radius 1 is 1.26 bits per heavy atom. The molecule has 0 atom stereocenters. The molecule has 0 unspecified atom stereocenters. The van der Waals surface area contributed by atoms with Gasteiger partial charge in [-0.1, -0.05) is 29.8 Å². The summed E-state index contributed by atoms with van der Waals surface area (Å²) >= 11 is 6.13. The molecule has 7 nitrogen and oxygen atoms in total. The lowest BCUT2D eigenvalue weighted by molar-refractivity contribution is 0.838. The molecule has 0 saturated carbocycles. The molecule has 3 aromatic rings. The first-order valence-corrected chi connectivity index (χ1v) is 7.11. The third kappa shape index (κ3) is 3.07. The van der Waals surface area contributed by atoms with Gasteiger partial charge < -0.3 is 11.1 Å². The minimum atomic E-state index is 0.0520. The molecule has 0 spiro atoms. The van der Waals surface area contributed by atoms with Gasteiger partial charge in [-0.25, -0.2) is 4.68 Å². The number of nitriles is 1. The summed E-state index contributed by atoms with van der Waals surface area (Å²) in [6, 6.07) is 11.3. The Kier molecular flexibility index (Phi) is 4.08. The van der Waals surface area contributed by atoms with Crippen molar-refractivity contribution >= 4 is 23.4 Å². The summed E-state index contributed by atoms with van der Waals surface area (Å²) < 4.78 is 1.47. The maximum absolute atomic E-state index is 9.46. The van der Waals surface area contributed by atoms with Crippen LogP contribution in [0.2, 0.25) is 5.02 Å². The van der Waals surface area contributed by atoms with Crippen LogP contribution in [0.5, 0.6) is 0 Å². The largest absolute Gasteiger partial charge is 0.368 e. The fraction of sp³-hybridized carbons (Fsp3) is 0.0667. The highest BCUT2D eigenvalue weighted by Gasteiger charge is 2.15. The fourth-order valence-corrected chi connectivity index (χ4v) is 2.28. The lowest BCUT2D eigenvalue weighted by Crippen LogP contribution is -2.12. The van der Waals surface area contributed by atoms with Crippen molar-refractivity contribution in [2.75, 3.05) is 11.1 Å². The van der Waals surface area contributed by atoms with Crippen molar-refractivity contribution in [2.45, 2.75) is 6.54 Å². The van der Waals surface area contributed by atoms with Gasteiger partial charge in [0, 0.05) is 24.0 Å². The highest BCUT2D eigenvalue weighted by Crippen LogP contribution is 2.22. The van der Waals surface area contributed by atoms with E-state index in [1.807, 2.05) is 18.2 Å². The van der Waals surface area contributed by atoms with E-state index in [1.165, 1.54) is 4.68 Å². The summed E-state index contributed by atoms with van der Waals surface area (Å²) in [4.78, 5) is 8.21. The van der Waals surface area contributed by atoms with Crippen molar-refractivity contribution in [3.05, 3.63) is 58.9 Å². The van der Waals surface area contributed by atoms with E-state index in [0.29, 0.717) is 23.2 Å². The molecule has 0 radical (unpaired) electrons. The topological polar surface area (TPSA) is 105 Å². The van der Waals surface area contributed by atoms with Crippen LogP contribution in [0, 0.1) is 11.3 Å². The van der Waals surface area contributed by atoms with Crippen LogP contribution in [-0.2, 0) is 6.54 Å². The van der Waals surface area contributed by atoms with Gasteiger partial charge in [0.15, 0.2) is 11.6 Å². The first kappa shape index (κ1) is 14.8. The minimum Gasteiger partial charge on any atom is -0.368 e. The maximum atomic E-state index is 9.46. The van der Waals surface area contributed by atoms with Gasteiger partial charge in [0.1, 0.15) is 11.6 Å². The molecule has 8 heteroatoms. The standard InChI is InChI=1S/C15H12ClN7/c16-12-5-2-1-4-10(12)9-19-13-11(8-17)14(22-15(18)21-13)23-7-3-6-20-23/h1-7H,9H2,(H3,18,19,21,22). The second-order valence-corrected chi connectivity index (χ2v) is 5.04. The smallest absolute Gasteiger partial charge is 0.224 e. The predicted molar refractivity (Wildman–Crippen MR) is 87.1 cm³/mol. The number of rotatable bonds is 4. The molecule has 0 aliphatic rings. The van der Waals surface area contributed by atoms with Crippen LogP contribution in [0.3, 0.4) is 0 Å². The van der Waals surface area contributed by atoms with Crippen LogP contribution < -0.4 is 11.1 Å². The quantitative estimate of drug-likeness (QED) is 0.763. The SMILES string of the molecule is N#Cc1c(NCc2ccccc2Cl)nc(N)nc1-n1cccn1. The van der Waals surface area contributed by atoms with Crippen molar-refractivity contribution in [3.8, 4) is 11.9 Å². The van der Waals surface area contributed by atoms with Crippen molar-refractivity contribution < 1.29 is 0 Å². The summed E-state index contributed by atoms with van der Waals surface area (Å²) in [6.07, 6.45) is 3.27. The van der Waals surface area contributed by atoms with E-state index in [9.17, 15) is 5.26 Å². The van der Waals surface area contributed by atoms with Crippen molar-refractivity contribution in [1.82, 2.24) is 19.7 Å². The van der Waals surface area contributed by atoms with Crippen molar-refractivity contribution in [1.29, 1.82) is 5.26 Å². The zero-order valence-electron chi connectivity index (χ0n) is 11.9. The normalized spacial score (nSPS) is 10.3. The first-order chi connectivity index (χ1) is 11.2. The Balaban J connectivity index is 1.96. The number of nitrogens with zero attached hydrogens (tertiary/aromatic N) is 5. The molecule has 114 valence electrons. The maximum Gasteiger partial charge on any atom is 0.224 e. The minimum absolute atomic E-state index is 0.0520. The predicted octanol–water partition coefficient (Wildman–Crippen LogP) is 2.38. The number of nitrogens with one attached hydrogen (secondary N) is 1. The molecule has 0 aliphatic carbocycles. The summed E-state index contributed by atoms with van der Waals surface area (Å²) in [7, 11) is 0. The molecule has 0 aliphatic heterocycles. The monoisotopic (exact) mass is 325 g/mol. The van der Waals surface area contributed by atoms with Crippen LogP contribution in [0.25, 0.3) is 5.82 Å². The number of benzene rings is 1. The number of anilines is 2. The van der Waals surface area contributed by atoms with Gasteiger partial charge in [0.2, 0.25) is 5.95 Å². The molecule has 1 aromatic carbocycles. The Labute approximate surface area is 137 Å². The molecule has 0 amide bonds. The molecule has 0 bridgehead atoms. The van der Waals surface area contributed by atoms with E-state index in [-0.39, 0.29) is 11.5 Å². The van der Waals surface area contributed by atoms with Crippen LogP contribution in [-0.4, -0.2) is 19.7 Å². The molecular formula is C15H12ClN7. The average Bonchev–Trinajstić information content (AvgIpc) is 3.08. The number of nitrogen functional groups attached to an aromatic ring is 1. The Hall–Kier alpha value is -3.11. The number of halogens is 1. The zero-order valence-corrected chi connectivity index (χ0v) is 12.7. The van der Waals surface area contributed by atoms with Crippen molar-refractivity contribution in [3.63, 3.8) is 0 Å². The van der Waals surface area contributed by atoms with E-state index in [2.05, 4.69) is 26.5 Å². The second kappa shape index (κ2) is 6.34. The third-order valence-electron chi connectivity index (χ3n) is 3.14. The molecule has 23 heavy (non-hydrogen) atoms. The highest BCUT2D eigenvalue weighted by molar-refractivity contribution is 6.31. The molecule has 3 N–H and O–H groups in total. The summed E-state index contributed by atoms with van der Waals surface area (Å²) in [5.74, 6) is 0.716. The first-order valence-electron chi connectivity index (χ1n) is 6.74. The van der Waals surface area contributed by atoms with E-state index < -0.39 is 0 Å². The second-order valence-electron chi connectivity index (χ2n) is 4.64. The lowest BCUT2D eigenvalue weighted by atomic mass is 10.2. The molecular weight excluding hydrogens is 314 g/mol. The summed E-state index contributed by atoms with van der Waals surface area (Å²) in [6.45, 7) is 0.406. The number of aromatic nitrogens is 4. The molecule has 3 rings (SSSR count). The Morgan fingerprint density at radius 2 is 2.09 bits per heavy atom. The van der Waals surface area contributed by atoms with Crippen molar-refractivity contribution in [2.24, 2.45) is 0 Å². The molecule has 0 saturated heterocycles. The zero-order chi connectivity index (χ0) is 16.2. The number of hydrogen-bond acceptors (Lipinski definition) is 6. The van der Waals surface area contributed by atoms with E-state index in [1.54, 1.807) is 24.5 Å². The van der Waals surface area contributed by atoms with Gasteiger partial charge in [-0.15, -0.1) is 0 Å². The van der Waals surface area contributed by atoms with Gasteiger partial charge >= 0.3 is 0 Å². The van der Waals surface area contributed by atoms with Crippen LogP contribution in [0.1, 0.15) is 11.1 Å². The number of nitrogens with two attached hydrogens (primary N) is 1. The Morgan fingerprint density at radius 3 is 2.78 bits per heavy atom. The number of hydrogen-bond donors (Lipinski definition) is 2. The van der Waals surface area contributed by atoms with Gasteiger partial charge in [-0.2, -0.15) is 20.3 Å². The van der Waals surface area contributed by atoms with E-state index in [4.69, 9.17) is 17.3 Å². The molecule has 0 fully saturated rings. The average molecular weight is 326 g/mol. The molecule has 2 aromatic heterocycles. The van der Waals surface area contributed by atoms with Gasteiger partial charge in [0.25, 0.3) is 0 Å². The molecule has 2 heterocycles. The van der Waals surface area contributed by atoms with Crippen LogP contribution >= 0.6 is 11.6 Å². The van der Waals surface area contributed by atoms with E-state index in [0.717, 1.165) is 5.56 Å². The summed E-state index contributed by atoms with van der Waals surface area (Å²) in [5.41, 5.74) is 6.89. The third-order valence-corrected chi connectivity index (χ3v) is 3.51.